The molecule has 19 heavy (non-hydrogen) atoms. The fraction of sp³-hybridized carbons (Fsp3) is 0.571. The summed E-state index contributed by atoms with van der Waals surface area (Å²) in [5.74, 6) is 0.357. The van der Waals surface area contributed by atoms with Gasteiger partial charge in [-0.15, -0.1) is 0 Å². The van der Waals surface area contributed by atoms with Crippen molar-refractivity contribution in [2.45, 2.75) is 26.2 Å². The van der Waals surface area contributed by atoms with E-state index in [-0.39, 0.29) is 10.6 Å². The highest BCUT2D eigenvalue weighted by Gasteiger charge is 2.22. The maximum atomic E-state index is 11.3. The predicted octanol–water partition coefficient (Wildman–Crippen LogP) is 2.52. The lowest BCUT2D eigenvalue weighted by Crippen LogP contribution is -2.43. The smallest absolute Gasteiger partial charge is 0.292 e. The summed E-state index contributed by atoms with van der Waals surface area (Å²) in [6.45, 7) is 7.60. The fourth-order valence-corrected chi connectivity index (χ4v) is 2.40. The van der Waals surface area contributed by atoms with Crippen molar-refractivity contribution in [1.82, 2.24) is 5.32 Å². The van der Waals surface area contributed by atoms with Crippen molar-refractivity contribution < 1.29 is 4.92 Å². The van der Waals surface area contributed by atoms with Crippen molar-refractivity contribution in [3.8, 4) is 0 Å². The lowest BCUT2D eigenvalue weighted by atomic mass is 9.97. The molecule has 0 bridgehead atoms. The lowest BCUT2D eigenvalue weighted by Gasteiger charge is -2.29. The van der Waals surface area contributed by atoms with Gasteiger partial charge in [-0.25, -0.2) is 0 Å². The lowest BCUT2D eigenvalue weighted by molar-refractivity contribution is -0.384. The maximum absolute atomic E-state index is 11.3. The van der Waals surface area contributed by atoms with Crippen molar-refractivity contribution in [3.63, 3.8) is 0 Å². The van der Waals surface area contributed by atoms with E-state index in [1.54, 1.807) is 6.07 Å². The molecule has 1 aromatic carbocycles. The molecule has 0 saturated carbocycles. The van der Waals surface area contributed by atoms with Crippen LogP contribution in [0.4, 0.5) is 11.4 Å². The molecule has 0 radical (unpaired) electrons. The van der Waals surface area contributed by atoms with Crippen molar-refractivity contribution in [2.24, 2.45) is 0 Å². The molecule has 1 unspecified atom stereocenters. The van der Waals surface area contributed by atoms with Crippen molar-refractivity contribution in [1.29, 1.82) is 0 Å². The molecule has 1 heterocycles. The van der Waals surface area contributed by atoms with Gasteiger partial charge in [0.15, 0.2) is 0 Å². The summed E-state index contributed by atoms with van der Waals surface area (Å²) in [7, 11) is 0. The van der Waals surface area contributed by atoms with Crippen molar-refractivity contribution in [2.75, 3.05) is 31.1 Å². The zero-order valence-corrected chi connectivity index (χ0v) is 11.6. The summed E-state index contributed by atoms with van der Waals surface area (Å²) in [6, 6.07) is 5.68. The molecule has 1 saturated heterocycles. The number of anilines is 1. The Morgan fingerprint density at radius 3 is 2.68 bits per heavy atom. The molecule has 0 spiro atoms. The zero-order valence-electron chi connectivity index (χ0n) is 11.6. The monoisotopic (exact) mass is 263 g/mol. The number of benzene rings is 1. The normalized spacial score (nSPS) is 17.3. The van der Waals surface area contributed by atoms with Crippen LogP contribution in [0.15, 0.2) is 18.2 Å². The maximum Gasteiger partial charge on any atom is 0.292 e. The fourth-order valence-electron chi connectivity index (χ4n) is 2.40. The van der Waals surface area contributed by atoms with Gasteiger partial charge in [-0.2, -0.15) is 0 Å². The molecular formula is C14H21N3O2. The number of nitro benzene ring substituents is 1. The van der Waals surface area contributed by atoms with Crippen LogP contribution in [0.5, 0.6) is 0 Å². The van der Waals surface area contributed by atoms with Crippen molar-refractivity contribution in [3.05, 3.63) is 33.9 Å². The largest absolute Gasteiger partial charge is 0.363 e. The Balaban J connectivity index is 2.34. The van der Waals surface area contributed by atoms with E-state index in [1.165, 1.54) is 0 Å². The van der Waals surface area contributed by atoms with Gasteiger partial charge >= 0.3 is 0 Å². The van der Waals surface area contributed by atoms with Crippen LogP contribution in [-0.2, 0) is 0 Å². The second-order valence-electron chi connectivity index (χ2n) is 5.05. The molecule has 1 atom stereocenters. The quantitative estimate of drug-likeness (QED) is 0.670. The Morgan fingerprint density at radius 1 is 1.42 bits per heavy atom. The minimum atomic E-state index is -0.261. The van der Waals surface area contributed by atoms with Crippen LogP contribution in [0.1, 0.15) is 31.7 Å². The topological polar surface area (TPSA) is 58.4 Å². The Hall–Kier alpha value is -1.62. The van der Waals surface area contributed by atoms with Gasteiger partial charge in [0, 0.05) is 32.2 Å². The molecule has 5 heteroatoms. The van der Waals surface area contributed by atoms with Gasteiger partial charge in [0.05, 0.1) is 4.92 Å². The Bertz CT molecular complexity index is 456. The first-order chi connectivity index (χ1) is 9.13. The van der Waals surface area contributed by atoms with E-state index in [0.717, 1.165) is 43.9 Å². The molecule has 104 valence electrons. The van der Waals surface area contributed by atoms with E-state index in [2.05, 4.69) is 24.1 Å². The van der Waals surface area contributed by atoms with Crippen LogP contribution in [-0.4, -0.2) is 31.1 Å². The summed E-state index contributed by atoms with van der Waals surface area (Å²) in [5.41, 5.74) is 2.03. The standard InChI is InChI=1S/C14H21N3O2/c1-3-11(2)12-4-5-13(14(10-12)17(18)19)16-8-6-15-7-9-16/h4-5,10-11,15H,3,6-9H2,1-2H3. The average molecular weight is 263 g/mol. The molecule has 1 N–H and O–H groups in total. The first kappa shape index (κ1) is 13.8. The number of nitro groups is 1. The number of nitrogens with one attached hydrogen (secondary N) is 1. The number of hydrogen-bond donors (Lipinski definition) is 1. The Labute approximate surface area is 113 Å². The SMILES string of the molecule is CCC(C)c1ccc(N2CCNCC2)c([N+](=O)[O-])c1. The van der Waals surface area contributed by atoms with Gasteiger partial charge in [-0.1, -0.05) is 19.9 Å². The molecule has 2 rings (SSSR count). The molecule has 1 aromatic rings. The van der Waals surface area contributed by atoms with Crippen LogP contribution < -0.4 is 10.2 Å². The van der Waals surface area contributed by atoms with E-state index < -0.39 is 0 Å². The van der Waals surface area contributed by atoms with Crippen LogP contribution >= 0.6 is 0 Å². The van der Waals surface area contributed by atoms with E-state index in [0.29, 0.717) is 5.92 Å². The van der Waals surface area contributed by atoms with Gasteiger partial charge < -0.3 is 10.2 Å². The molecular weight excluding hydrogens is 242 g/mol. The number of nitrogens with zero attached hydrogens (tertiary/aromatic N) is 2. The number of piperazine rings is 1. The van der Waals surface area contributed by atoms with E-state index in [9.17, 15) is 10.1 Å². The van der Waals surface area contributed by atoms with Crippen LogP contribution in [0, 0.1) is 10.1 Å². The highest BCUT2D eigenvalue weighted by atomic mass is 16.6. The highest BCUT2D eigenvalue weighted by Crippen LogP contribution is 2.32. The minimum Gasteiger partial charge on any atom is -0.363 e. The Morgan fingerprint density at radius 2 is 2.11 bits per heavy atom. The third kappa shape index (κ3) is 3.04. The van der Waals surface area contributed by atoms with Crippen LogP contribution in [0.2, 0.25) is 0 Å². The van der Waals surface area contributed by atoms with Gasteiger partial charge in [-0.3, -0.25) is 10.1 Å². The molecule has 1 fully saturated rings. The average Bonchev–Trinajstić information content (AvgIpc) is 2.46. The highest BCUT2D eigenvalue weighted by molar-refractivity contribution is 5.65. The van der Waals surface area contributed by atoms with Crippen molar-refractivity contribution >= 4 is 11.4 Å². The molecule has 5 nitrogen and oxygen atoms in total. The molecule has 0 amide bonds. The van der Waals surface area contributed by atoms with Crippen LogP contribution in [0.3, 0.4) is 0 Å². The Kier molecular flexibility index (Phi) is 4.37. The summed E-state index contributed by atoms with van der Waals surface area (Å²) >= 11 is 0. The summed E-state index contributed by atoms with van der Waals surface area (Å²) in [5, 5.41) is 14.6. The summed E-state index contributed by atoms with van der Waals surface area (Å²) in [4.78, 5) is 13.1. The second kappa shape index (κ2) is 6.02. The van der Waals surface area contributed by atoms with Gasteiger partial charge in [-0.05, 0) is 24.0 Å². The first-order valence-electron chi connectivity index (χ1n) is 6.87. The molecule has 1 aliphatic heterocycles. The molecule has 0 aromatic heterocycles. The van der Waals surface area contributed by atoms with E-state index >= 15 is 0 Å². The van der Waals surface area contributed by atoms with Gasteiger partial charge in [0.1, 0.15) is 5.69 Å². The second-order valence-corrected chi connectivity index (χ2v) is 5.05. The number of rotatable bonds is 4. The zero-order chi connectivity index (χ0) is 13.8. The van der Waals surface area contributed by atoms with Crippen LogP contribution in [0.25, 0.3) is 0 Å². The predicted molar refractivity (Wildman–Crippen MR) is 76.9 cm³/mol. The molecule has 0 aliphatic carbocycles. The molecule has 1 aliphatic rings. The third-order valence-electron chi connectivity index (χ3n) is 3.84. The van der Waals surface area contributed by atoms with Gasteiger partial charge in [0.25, 0.3) is 5.69 Å². The van der Waals surface area contributed by atoms with E-state index in [1.807, 2.05) is 12.1 Å². The first-order valence-corrected chi connectivity index (χ1v) is 6.87. The third-order valence-corrected chi connectivity index (χ3v) is 3.84. The summed E-state index contributed by atoms with van der Waals surface area (Å²) in [6.07, 6.45) is 0.990. The van der Waals surface area contributed by atoms with E-state index in [4.69, 9.17) is 0 Å². The van der Waals surface area contributed by atoms with Gasteiger partial charge in [0.2, 0.25) is 0 Å². The minimum absolute atomic E-state index is 0.236. The summed E-state index contributed by atoms with van der Waals surface area (Å²) < 4.78 is 0. The number of hydrogen-bond acceptors (Lipinski definition) is 4.